The van der Waals surface area contributed by atoms with Crippen molar-refractivity contribution in [1.29, 1.82) is 0 Å². The highest BCUT2D eigenvalue weighted by molar-refractivity contribution is 9.10. The Labute approximate surface area is 136 Å². The van der Waals surface area contributed by atoms with Crippen LogP contribution in [0.2, 0.25) is 0 Å². The lowest BCUT2D eigenvalue weighted by molar-refractivity contribution is -0.144. The predicted molar refractivity (Wildman–Crippen MR) is 81.8 cm³/mol. The highest BCUT2D eigenvalue weighted by Crippen LogP contribution is 2.35. The molecule has 0 spiro atoms. The highest BCUT2D eigenvalue weighted by Gasteiger charge is 2.17. The van der Waals surface area contributed by atoms with Crippen LogP contribution in [0, 0.1) is 0 Å². The lowest BCUT2D eigenvalue weighted by atomic mass is 10.1. The standard InChI is InChI=1S/C15H15BrN2O4/c1-18-8-10(7-17-18)9-22-15(19)5-11-4-13-14(6-12(11)16)21-3-2-20-13/h4,6-8H,2-3,5,9H2,1H3. The van der Waals surface area contributed by atoms with Crippen LogP contribution in [0.3, 0.4) is 0 Å². The van der Waals surface area contributed by atoms with Crippen LogP contribution in [0.5, 0.6) is 11.5 Å². The van der Waals surface area contributed by atoms with E-state index in [1.165, 1.54) is 0 Å². The van der Waals surface area contributed by atoms with Gasteiger partial charge in [0.25, 0.3) is 0 Å². The normalized spacial score (nSPS) is 13.0. The summed E-state index contributed by atoms with van der Waals surface area (Å²) in [6, 6.07) is 3.63. The van der Waals surface area contributed by atoms with Crippen LogP contribution < -0.4 is 9.47 Å². The third-order valence-electron chi connectivity index (χ3n) is 3.20. The zero-order valence-electron chi connectivity index (χ0n) is 12.0. The van der Waals surface area contributed by atoms with Crippen LogP contribution in [0.4, 0.5) is 0 Å². The Kier molecular flexibility index (Phi) is 4.33. The number of rotatable bonds is 4. The molecule has 0 amide bonds. The van der Waals surface area contributed by atoms with E-state index < -0.39 is 0 Å². The second kappa shape index (κ2) is 6.39. The number of carbonyl (C=O) groups is 1. The first-order valence-electron chi connectivity index (χ1n) is 6.83. The first kappa shape index (κ1) is 14.9. The minimum Gasteiger partial charge on any atom is -0.486 e. The van der Waals surface area contributed by atoms with Gasteiger partial charge in [0.15, 0.2) is 11.5 Å². The number of benzene rings is 1. The lowest BCUT2D eigenvalue weighted by Gasteiger charge is -2.19. The molecule has 6 nitrogen and oxygen atoms in total. The van der Waals surface area contributed by atoms with E-state index in [1.807, 2.05) is 25.4 Å². The van der Waals surface area contributed by atoms with Gasteiger partial charge in [-0.25, -0.2) is 0 Å². The largest absolute Gasteiger partial charge is 0.486 e. The van der Waals surface area contributed by atoms with Gasteiger partial charge in [0.05, 0.1) is 12.6 Å². The highest BCUT2D eigenvalue weighted by atomic mass is 79.9. The fourth-order valence-electron chi connectivity index (χ4n) is 2.16. The maximum absolute atomic E-state index is 12.0. The number of ether oxygens (including phenoxy) is 3. The minimum absolute atomic E-state index is 0.164. The Morgan fingerprint density at radius 1 is 1.36 bits per heavy atom. The van der Waals surface area contributed by atoms with Crippen molar-refractivity contribution in [2.24, 2.45) is 7.05 Å². The number of aryl methyl sites for hydroxylation is 1. The van der Waals surface area contributed by atoms with Crippen molar-refractivity contribution in [1.82, 2.24) is 9.78 Å². The smallest absolute Gasteiger partial charge is 0.310 e. The molecule has 1 aromatic carbocycles. The van der Waals surface area contributed by atoms with Gasteiger partial charge in [-0.1, -0.05) is 15.9 Å². The van der Waals surface area contributed by atoms with Crippen molar-refractivity contribution in [2.45, 2.75) is 13.0 Å². The molecule has 116 valence electrons. The van der Waals surface area contributed by atoms with E-state index in [1.54, 1.807) is 10.9 Å². The summed E-state index contributed by atoms with van der Waals surface area (Å²) < 4.78 is 18.7. The molecule has 0 saturated carbocycles. The van der Waals surface area contributed by atoms with Gasteiger partial charge in [0, 0.05) is 23.3 Å². The number of fused-ring (bicyclic) bond motifs is 1. The average Bonchev–Trinajstić information content (AvgIpc) is 2.91. The molecule has 1 aromatic heterocycles. The molecular formula is C15H15BrN2O4. The van der Waals surface area contributed by atoms with Crippen molar-refractivity contribution >= 4 is 21.9 Å². The van der Waals surface area contributed by atoms with Gasteiger partial charge in [-0.3, -0.25) is 9.48 Å². The predicted octanol–water partition coefficient (Wildman–Crippen LogP) is 2.24. The molecule has 2 heterocycles. The summed E-state index contributed by atoms with van der Waals surface area (Å²) in [6.45, 7) is 1.26. The Hall–Kier alpha value is -2.02. The van der Waals surface area contributed by atoms with Crippen molar-refractivity contribution in [3.63, 3.8) is 0 Å². The molecular weight excluding hydrogens is 352 g/mol. The second-order valence-corrected chi connectivity index (χ2v) is 5.80. The summed E-state index contributed by atoms with van der Waals surface area (Å²) in [5.41, 5.74) is 1.66. The molecule has 0 aliphatic carbocycles. The van der Waals surface area contributed by atoms with E-state index >= 15 is 0 Å². The van der Waals surface area contributed by atoms with Gasteiger partial charge in [-0.2, -0.15) is 5.10 Å². The number of carbonyl (C=O) groups excluding carboxylic acids is 1. The van der Waals surface area contributed by atoms with Gasteiger partial charge in [-0.15, -0.1) is 0 Å². The first-order chi connectivity index (χ1) is 10.6. The van der Waals surface area contributed by atoms with Crippen LogP contribution >= 0.6 is 15.9 Å². The fraction of sp³-hybridized carbons (Fsp3) is 0.333. The third kappa shape index (κ3) is 3.41. The molecule has 0 radical (unpaired) electrons. The van der Waals surface area contributed by atoms with Crippen molar-refractivity contribution in [3.8, 4) is 11.5 Å². The molecule has 0 bridgehead atoms. The van der Waals surface area contributed by atoms with Crippen LogP contribution in [0.15, 0.2) is 29.0 Å². The van der Waals surface area contributed by atoms with E-state index in [2.05, 4.69) is 21.0 Å². The summed E-state index contributed by atoms with van der Waals surface area (Å²) in [6.07, 6.45) is 3.65. The van der Waals surface area contributed by atoms with Crippen LogP contribution in [-0.2, 0) is 29.6 Å². The maximum atomic E-state index is 12.0. The van der Waals surface area contributed by atoms with E-state index in [0.717, 1.165) is 15.6 Å². The number of aromatic nitrogens is 2. The quantitative estimate of drug-likeness (QED) is 0.776. The second-order valence-electron chi connectivity index (χ2n) is 4.95. The van der Waals surface area contributed by atoms with Crippen LogP contribution in [-0.4, -0.2) is 29.0 Å². The molecule has 0 atom stereocenters. The Morgan fingerprint density at radius 2 is 2.09 bits per heavy atom. The molecule has 2 aromatic rings. The van der Waals surface area contributed by atoms with E-state index in [9.17, 15) is 4.79 Å². The maximum Gasteiger partial charge on any atom is 0.310 e. The fourth-order valence-corrected chi connectivity index (χ4v) is 2.62. The number of esters is 1. The average molecular weight is 367 g/mol. The van der Waals surface area contributed by atoms with E-state index in [4.69, 9.17) is 14.2 Å². The van der Waals surface area contributed by atoms with Gasteiger partial charge in [0.1, 0.15) is 19.8 Å². The third-order valence-corrected chi connectivity index (χ3v) is 3.94. The van der Waals surface area contributed by atoms with Gasteiger partial charge < -0.3 is 14.2 Å². The van der Waals surface area contributed by atoms with Crippen molar-refractivity contribution in [2.75, 3.05) is 13.2 Å². The van der Waals surface area contributed by atoms with Crippen molar-refractivity contribution in [3.05, 3.63) is 40.1 Å². The summed E-state index contributed by atoms with van der Waals surface area (Å²) in [5, 5.41) is 4.03. The molecule has 22 heavy (non-hydrogen) atoms. The zero-order valence-corrected chi connectivity index (χ0v) is 13.6. The van der Waals surface area contributed by atoms with Crippen LogP contribution in [0.25, 0.3) is 0 Å². The number of hydrogen-bond donors (Lipinski definition) is 0. The summed E-state index contributed by atoms with van der Waals surface area (Å²) >= 11 is 3.45. The first-order valence-corrected chi connectivity index (χ1v) is 7.62. The van der Waals surface area contributed by atoms with Gasteiger partial charge >= 0.3 is 5.97 Å². The molecule has 0 unspecified atom stereocenters. The molecule has 1 aliphatic heterocycles. The van der Waals surface area contributed by atoms with E-state index in [0.29, 0.717) is 24.7 Å². The Balaban J connectivity index is 1.63. The number of halogens is 1. The lowest BCUT2D eigenvalue weighted by Crippen LogP contribution is -2.16. The molecule has 7 heteroatoms. The van der Waals surface area contributed by atoms with E-state index in [-0.39, 0.29) is 19.0 Å². The molecule has 0 saturated heterocycles. The minimum atomic E-state index is -0.304. The monoisotopic (exact) mass is 366 g/mol. The van der Waals surface area contributed by atoms with Crippen LogP contribution in [0.1, 0.15) is 11.1 Å². The van der Waals surface area contributed by atoms with Crippen molar-refractivity contribution < 1.29 is 19.0 Å². The summed E-state index contributed by atoms with van der Waals surface area (Å²) in [7, 11) is 1.82. The SMILES string of the molecule is Cn1cc(COC(=O)Cc2cc3c(cc2Br)OCCO3)cn1. The van der Waals surface area contributed by atoms with Gasteiger partial charge in [-0.05, 0) is 17.7 Å². The Morgan fingerprint density at radius 3 is 2.77 bits per heavy atom. The molecule has 3 rings (SSSR count). The molecule has 1 aliphatic rings. The number of nitrogens with zero attached hydrogens (tertiary/aromatic N) is 2. The summed E-state index contributed by atoms with van der Waals surface area (Å²) in [4.78, 5) is 12.0. The zero-order chi connectivity index (χ0) is 15.5. The number of hydrogen-bond acceptors (Lipinski definition) is 5. The topological polar surface area (TPSA) is 62.6 Å². The summed E-state index contributed by atoms with van der Waals surface area (Å²) in [5.74, 6) is 1.04. The molecule has 0 fully saturated rings. The Bertz CT molecular complexity index is 699. The van der Waals surface area contributed by atoms with Gasteiger partial charge in [0.2, 0.25) is 0 Å². The molecule has 0 N–H and O–H groups in total.